The number of aliphatic imine (C=N–C) groups is 1. The van der Waals surface area contributed by atoms with Crippen molar-refractivity contribution in [2.45, 2.75) is 26.4 Å². The third-order valence-electron chi connectivity index (χ3n) is 4.56. The minimum atomic E-state index is 0. The van der Waals surface area contributed by atoms with E-state index in [2.05, 4.69) is 40.7 Å². The van der Waals surface area contributed by atoms with Gasteiger partial charge < -0.3 is 29.6 Å². The van der Waals surface area contributed by atoms with Gasteiger partial charge in [-0.2, -0.15) is 0 Å². The van der Waals surface area contributed by atoms with Gasteiger partial charge in [0.1, 0.15) is 18.1 Å². The van der Waals surface area contributed by atoms with Gasteiger partial charge in [-0.15, -0.1) is 24.0 Å². The second-order valence-electron chi connectivity index (χ2n) is 7.07. The van der Waals surface area contributed by atoms with Crippen molar-refractivity contribution in [2.24, 2.45) is 4.99 Å². The van der Waals surface area contributed by atoms with E-state index in [4.69, 9.17) is 18.9 Å². The Morgan fingerprint density at radius 2 is 1.66 bits per heavy atom. The molecule has 0 heterocycles. The van der Waals surface area contributed by atoms with Gasteiger partial charge in [-0.25, -0.2) is 0 Å². The van der Waals surface area contributed by atoms with Gasteiger partial charge in [0.15, 0.2) is 5.96 Å². The fourth-order valence-electron chi connectivity index (χ4n) is 2.90. The number of hydrogen-bond donors (Lipinski definition) is 2. The second-order valence-corrected chi connectivity index (χ2v) is 7.07. The summed E-state index contributed by atoms with van der Waals surface area (Å²) in [6.45, 7) is 5.70. The molecule has 0 aliphatic rings. The molecule has 0 atom stereocenters. The molecule has 0 saturated carbocycles. The van der Waals surface area contributed by atoms with Gasteiger partial charge in [0.2, 0.25) is 0 Å². The number of nitrogens with one attached hydrogen (secondary N) is 2. The molecule has 8 heteroatoms. The van der Waals surface area contributed by atoms with E-state index in [-0.39, 0.29) is 24.0 Å². The van der Waals surface area contributed by atoms with Crippen LogP contribution in [0, 0.1) is 6.92 Å². The van der Waals surface area contributed by atoms with Gasteiger partial charge in [0.25, 0.3) is 0 Å². The highest BCUT2D eigenvalue weighted by Gasteiger charge is 2.06. The van der Waals surface area contributed by atoms with Crippen LogP contribution in [0.2, 0.25) is 0 Å². The van der Waals surface area contributed by atoms with Crippen molar-refractivity contribution in [1.29, 1.82) is 0 Å². The molecule has 2 aromatic carbocycles. The van der Waals surface area contributed by atoms with Crippen molar-refractivity contribution in [3.8, 4) is 11.5 Å². The molecule has 2 rings (SSSR count). The minimum absolute atomic E-state index is 0. The van der Waals surface area contributed by atoms with Gasteiger partial charge in [-0.3, -0.25) is 4.99 Å². The van der Waals surface area contributed by atoms with Gasteiger partial charge in [-0.05, 0) is 36.2 Å². The monoisotopic (exact) mass is 557 g/mol. The summed E-state index contributed by atoms with van der Waals surface area (Å²) in [4.78, 5) is 4.32. The van der Waals surface area contributed by atoms with E-state index in [0.29, 0.717) is 39.5 Å². The number of ether oxygens (including phenoxy) is 4. The molecule has 0 aliphatic heterocycles. The van der Waals surface area contributed by atoms with Crippen molar-refractivity contribution >= 4 is 29.9 Å². The summed E-state index contributed by atoms with van der Waals surface area (Å²) in [6.07, 6.45) is 0.867. The van der Waals surface area contributed by atoms with E-state index >= 15 is 0 Å². The van der Waals surface area contributed by atoms with Crippen LogP contribution in [0.15, 0.2) is 47.5 Å². The first-order chi connectivity index (χ1) is 15.2. The summed E-state index contributed by atoms with van der Waals surface area (Å²) in [5.74, 6) is 2.43. The van der Waals surface area contributed by atoms with Crippen LogP contribution >= 0.6 is 24.0 Å². The second kappa shape index (κ2) is 16.6. The van der Waals surface area contributed by atoms with E-state index in [1.54, 1.807) is 21.3 Å². The number of nitrogens with zero attached hydrogens (tertiary/aromatic N) is 1. The topological polar surface area (TPSA) is 73.3 Å². The van der Waals surface area contributed by atoms with Crippen LogP contribution in [-0.4, -0.2) is 53.7 Å². The Morgan fingerprint density at radius 1 is 0.875 bits per heavy atom. The largest absolute Gasteiger partial charge is 0.493 e. The minimum Gasteiger partial charge on any atom is -0.493 e. The fraction of sp³-hybridized carbons (Fsp3) is 0.458. The van der Waals surface area contributed by atoms with E-state index < -0.39 is 0 Å². The number of guanidine groups is 1. The highest BCUT2D eigenvalue weighted by Crippen LogP contribution is 2.20. The van der Waals surface area contributed by atoms with Crippen LogP contribution < -0.4 is 20.1 Å². The van der Waals surface area contributed by atoms with Crippen LogP contribution in [0.3, 0.4) is 0 Å². The Morgan fingerprint density at radius 3 is 2.41 bits per heavy atom. The zero-order valence-electron chi connectivity index (χ0n) is 19.5. The zero-order chi connectivity index (χ0) is 22.3. The number of methoxy groups -OCH3 is 2. The van der Waals surface area contributed by atoms with E-state index in [1.165, 1.54) is 0 Å². The average molecular weight is 557 g/mol. The van der Waals surface area contributed by atoms with Crippen LogP contribution in [0.25, 0.3) is 0 Å². The molecule has 0 amide bonds. The van der Waals surface area contributed by atoms with E-state index in [1.807, 2.05) is 24.3 Å². The van der Waals surface area contributed by atoms with Crippen LogP contribution in [-0.2, 0) is 22.6 Å². The summed E-state index contributed by atoms with van der Waals surface area (Å²) in [7, 11) is 5.12. The lowest BCUT2D eigenvalue weighted by atomic mass is 10.1. The Kier molecular flexibility index (Phi) is 14.5. The molecule has 178 valence electrons. The van der Waals surface area contributed by atoms with E-state index in [0.717, 1.165) is 40.6 Å². The molecule has 0 aromatic heterocycles. The van der Waals surface area contributed by atoms with Gasteiger partial charge >= 0.3 is 0 Å². The van der Waals surface area contributed by atoms with Crippen molar-refractivity contribution in [3.63, 3.8) is 0 Å². The summed E-state index contributed by atoms with van der Waals surface area (Å²) in [6, 6.07) is 14.2. The summed E-state index contributed by atoms with van der Waals surface area (Å²) in [5.41, 5.74) is 3.34. The maximum Gasteiger partial charge on any atom is 0.191 e. The van der Waals surface area contributed by atoms with Crippen molar-refractivity contribution < 1.29 is 18.9 Å². The number of halogens is 1. The molecule has 2 aromatic rings. The number of aryl methyl sites for hydroxylation is 1. The van der Waals surface area contributed by atoms with Crippen molar-refractivity contribution in [2.75, 3.05) is 47.7 Å². The summed E-state index contributed by atoms with van der Waals surface area (Å²) < 4.78 is 21.8. The smallest absolute Gasteiger partial charge is 0.191 e. The highest BCUT2D eigenvalue weighted by atomic mass is 127. The molecule has 0 aliphatic carbocycles. The Bertz CT molecular complexity index is 818. The van der Waals surface area contributed by atoms with Crippen LogP contribution in [0.5, 0.6) is 11.5 Å². The molecule has 0 bridgehead atoms. The summed E-state index contributed by atoms with van der Waals surface area (Å²) in [5, 5.41) is 6.70. The van der Waals surface area contributed by atoms with Crippen molar-refractivity contribution in [3.05, 3.63) is 59.2 Å². The normalized spacial score (nSPS) is 10.9. The lowest BCUT2D eigenvalue weighted by Crippen LogP contribution is -2.36. The van der Waals surface area contributed by atoms with Crippen LogP contribution in [0.4, 0.5) is 0 Å². The zero-order valence-corrected chi connectivity index (χ0v) is 21.8. The predicted molar refractivity (Wildman–Crippen MR) is 139 cm³/mol. The molecule has 32 heavy (non-hydrogen) atoms. The molecular weight excluding hydrogens is 521 g/mol. The third-order valence-corrected chi connectivity index (χ3v) is 4.56. The molecular formula is C24H36IN3O4. The maximum atomic E-state index is 5.87. The Balaban J connectivity index is 0.00000512. The van der Waals surface area contributed by atoms with Crippen LogP contribution in [0.1, 0.15) is 23.1 Å². The highest BCUT2D eigenvalue weighted by molar-refractivity contribution is 14.0. The molecule has 0 spiro atoms. The van der Waals surface area contributed by atoms with Gasteiger partial charge in [-0.1, -0.05) is 24.3 Å². The first kappa shape index (κ1) is 28.0. The van der Waals surface area contributed by atoms with Crippen molar-refractivity contribution in [1.82, 2.24) is 10.6 Å². The fourth-order valence-corrected chi connectivity index (χ4v) is 2.90. The first-order valence-corrected chi connectivity index (χ1v) is 10.5. The molecule has 0 saturated heterocycles. The molecule has 0 unspecified atom stereocenters. The van der Waals surface area contributed by atoms with E-state index in [9.17, 15) is 0 Å². The third kappa shape index (κ3) is 10.5. The maximum absolute atomic E-state index is 5.87. The van der Waals surface area contributed by atoms with Gasteiger partial charge in [0, 0.05) is 52.9 Å². The number of rotatable bonds is 13. The Labute approximate surface area is 208 Å². The number of hydrogen-bond acceptors (Lipinski definition) is 5. The van der Waals surface area contributed by atoms with Gasteiger partial charge in [0.05, 0.1) is 13.2 Å². The quantitative estimate of drug-likeness (QED) is 0.169. The number of benzene rings is 2. The Hall–Kier alpha value is -2.04. The molecule has 2 N–H and O–H groups in total. The lowest BCUT2D eigenvalue weighted by molar-refractivity contribution is 0.145. The first-order valence-electron chi connectivity index (χ1n) is 10.5. The summed E-state index contributed by atoms with van der Waals surface area (Å²) >= 11 is 0. The lowest BCUT2D eigenvalue weighted by Gasteiger charge is -2.16. The molecule has 0 radical (unpaired) electrons. The standard InChI is InChI=1S/C24H35N3O4.HI/c1-19-9-10-21(23(15-19)31-14-13-29-4)18-27-24(25-2)26-17-20-7-5-8-22(16-20)30-12-6-11-28-3;/h5,7-10,15-16H,6,11-14,17-18H2,1-4H3,(H2,25,26,27);1H. The predicted octanol–water partition coefficient (Wildman–Crippen LogP) is 3.92. The molecule has 7 nitrogen and oxygen atoms in total. The average Bonchev–Trinajstić information content (AvgIpc) is 2.78. The SMILES string of the molecule is CN=C(NCc1cccc(OCCCOC)c1)NCc1ccc(C)cc1OCCOC.I. The molecule has 0 fully saturated rings.